The fraction of sp³-hybridized carbons (Fsp3) is 0.552. The Bertz CT molecular complexity index is 1270. The number of benzene rings is 1. The Morgan fingerprint density at radius 2 is 1.95 bits per heavy atom. The van der Waals surface area contributed by atoms with Crippen LogP contribution < -0.4 is 15.4 Å². The highest BCUT2D eigenvalue weighted by molar-refractivity contribution is 6.33. The summed E-state index contributed by atoms with van der Waals surface area (Å²) in [5, 5.41) is 10.5. The molecule has 1 saturated heterocycles. The average Bonchev–Trinajstić information content (AvgIpc) is 2.83. The highest BCUT2D eigenvalue weighted by Gasteiger charge is 2.53. The van der Waals surface area contributed by atoms with E-state index in [1.807, 2.05) is 13.8 Å². The zero-order valence-electron chi connectivity index (χ0n) is 23.3. The molecule has 1 aromatic heterocycles. The second-order valence-electron chi connectivity index (χ2n) is 11.0. The van der Waals surface area contributed by atoms with E-state index in [4.69, 9.17) is 36.8 Å². The number of aliphatic hydroxyl groups is 1. The monoisotopic (exact) mass is 578 g/mol. The molecule has 1 saturated carbocycles. The van der Waals surface area contributed by atoms with Crippen molar-refractivity contribution in [1.82, 2.24) is 9.97 Å². The van der Waals surface area contributed by atoms with Crippen LogP contribution in [0.1, 0.15) is 57.7 Å². The number of ether oxygens (including phenoxy) is 2. The van der Waals surface area contributed by atoms with Gasteiger partial charge in [0.2, 0.25) is 0 Å². The van der Waals surface area contributed by atoms with Crippen LogP contribution in [0.4, 0.5) is 14.6 Å². The van der Waals surface area contributed by atoms with Crippen molar-refractivity contribution in [2.45, 2.75) is 72.0 Å². The molecule has 8 nitrogen and oxygen atoms in total. The molecule has 11 heteroatoms. The first kappa shape index (κ1) is 30.1. The van der Waals surface area contributed by atoms with Crippen LogP contribution in [0.3, 0.4) is 0 Å². The van der Waals surface area contributed by atoms with E-state index >= 15 is 0 Å². The fourth-order valence-electron chi connectivity index (χ4n) is 5.59. The Labute approximate surface area is 238 Å². The minimum absolute atomic E-state index is 0.00173. The molecular formula is C29H37ClF2N4O4. The number of rotatable bonds is 12. The normalized spacial score (nSPS) is 17.9. The summed E-state index contributed by atoms with van der Waals surface area (Å²) < 4.78 is 36.1. The maximum Gasteiger partial charge on any atom is 0.261 e. The smallest absolute Gasteiger partial charge is 0.261 e. The highest BCUT2D eigenvalue weighted by Crippen LogP contribution is 2.51. The SMILES string of the molecule is CCC[C@@H](O)COc1ccc(Cl)c(-c2nc(C(C(C)=O)=C(C)N)c(C)c(N3CC4(CC(OCC(F)F)C4)C3)n2)c1. The third-order valence-corrected chi connectivity index (χ3v) is 7.81. The van der Waals surface area contributed by atoms with E-state index < -0.39 is 19.1 Å². The van der Waals surface area contributed by atoms with Gasteiger partial charge in [-0.2, -0.15) is 0 Å². The Kier molecular flexibility index (Phi) is 9.32. The van der Waals surface area contributed by atoms with E-state index in [2.05, 4.69) is 4.90 Å². The van der Waals surface area contributed by atoms with Crippen LogP contribution in [0.2, 0.25) is 5.02 Å². The fourth-order valence-corrected chi connectivity index (χ4v) is 5.79. The number of ketones is 1. The van der Waals surface area contributed by atoms with Gasteiger partial charge in [0.05, 0.1) is 28.5 Å². The van der Waals surface area contributed by atoms with E-state index in [0.29, 0.717) is 70.0 Å². The van der Waals surface area contributed by atoms with Gasteiger partial charge in [0.1, 0.15) is 24.8 Å². The van der Waals surface area contributed by atoms with Gasteiger partial charge in [-0.25, -0.2) is 18.7 Å². The second kappa shape index (κ2) is 12.4. The largest absolute Gasteiger partial charge is 0.491 e. The first-order valence-electron chi connectivity index (χ1n) is 13.5. The number of nitrogens with zero attached hydrogens (tertiary/aromatic N) is 3. The summed E-state index contributed by atoms with van der Waals surface area (Å²) in [6.07, 6.45) is -0.305. The lowest BCUT2D eigenvalue weighted by atomic mass is 9.61. The van der Waals surface area contributed by atoms with Crippen molar-refractivity contribution in [1.29, 1.82) is 0 Å². The van der Waals surface area contributed by atoms with Gasteiger partial charge in [0.25, 0.3) is 6.43 Å². The quantitative estimate of drug-likeness (QED) is 0.332. The molecule has 40 heavy (non-hydrogen) atoms. The molecule has 0 unspecified atom stereocenters. The van der Waals surface area contributed by atoms with Crippen LogP contribution in [0.15, 0.2) is 23.9 Å². The zero-order valence-corrected chi connectivity index (χ0v) is 24.1. The summed E-state index contributed by atoms with van der Waals surface area (Å²) in [4.78, 5) is 24.4. The minimum atomic E-state index is -2.47. The van der Waals surface area contributed by atoms with Crippen LogP contribution in [-0.4, -0.2) is 65.8 Å². The molecule has 1 spiro atoms. The Morgan fingerprint density at radius 1 is 1.25 bits per heavy atom. The van der Waals surface area contributed by atoms with E-state index in [1.165, 1.54) is 6.92 Å². The number of aromatic nitrogens is 2. The van der Waals surface area contributed by atoms with E-state index in [1.54, 1.807) is 25.1 Å². The first-order chi connectivity index (χ1) is 18.9. The van der Waals surface area contributed by atoms with Crippen molar-refractivity contribution in [3.63, 3.8) is 0 Å². The van der Waals surface area contributed by atoms with E-state index in [0.717, 1.165) is 19.3 Å². The Balaban J connectivity index is 1.66. The van der Waals surface area contributed by atoms with Crippen LogP contribution in [0, 0.1) is 12.3 Å². The molecule has 2 aromatic rings. The van der Waals surface area contributed by atoms with Gasteiger partial charge in [-0.15, -0.1) is 0 Å². The maximum absolute atomic E-state index is 12.6. The molecule has 218 valence electrons. The number of carbonyl (C=O) groups excluding carboxylic acids is 1. The molecular weight excluding hydrogens is 542 g/mol. The lowest BCUT2D eigenvalue weighted by Crippen LogP contribution is -2.64. The Morgan fingerprint density at radius 3 is 2.55 bits per heavy atom. The van der Waals surface area contributed by atoms with Gasteiger partial charge in [0.15, 0.2) is 11.6 Å². The highest BCUT2D eigenvalue weighted by atomic mass is 35.5. The summed E-state index contributed by atoms with van der Waals surface area (Å²) >= 11 is 6.60. The molecule has 3 N–H and O–H groups in total. The molecule has 4 rings (SSSR count). The summed E-state index contributed by atoms with van der Waals surface area (Å²) in [6.45, 7) is 7.93. The molecule has 2 aliphatic rings. The van der Waals surface area contributed by atoms with E-state index in [-0.39, 0.29) is 23.9 Å². The number of aliphatic hydroxyl groups excluding tert-OH is 1. The zero-order chi connectivity index (χ0) is 29.2. The van der Waals surface area contributed by atoms with Gasteiger partial charge in [-0.3, -0.25) is 4.79 Å². The number of halogens is 3. The summed E-state index contributed by atoms with van der Waals surface area (Å²) in [5.41, 5.74) is 8.45. The van der Waals surface area contributed by atoms with Crippen LogP contribution in [-0.2, 0) is 9.53 Å². The molecule has 2 heterocycles. The molecule has 1 aliphatic carbocycles. The average molecular weight is 579 g/mol. The van der Waals surface area contributed by atoms with Gasteiger partial charge in [0, 0.05) is 35.3 Å². The van der Waals surface area contributed by atoms with Crippen LogP contribution in [0.5, 0.6) is 5.75 Å². The van der Waals surface area contributed by atoms with Crippen molar-refractivity contribution in [3.8, 4) is 17.1 Å². The van der Waals surface area contributed by atoms with Crippen molar-refractivity contribution in [2.75, 3.05) is 31.2 Å². The van der Waals surface area contributed by atoms with Gasteiger partial charge in [-0.05, 0) is 58.2 Å². The second-order valence-corrected chi connectivity index (χ2v) is 11.4. The lowest BCUT2D eigenvalue weighted by molar-refractivity contribution is -0.117. The van der Waals surface area contributed by atoms with Crippen LogP contribution >= 0.6 is 11.6 Å². The number of Topliss-reactive ketones (excluding diaryl/α,β-unsaturated/α-hetero) is 1. The Hall–Kier alpha value is -2.82. The maximum atomic E-state index is 12.6. The van der Waals surface area contributed by atoms with Crippen molar-refractivity contribution < 1.29 is 28.2 Å². The molecule has 0 radical (unpaired) electrons. The molecule has 1 aliphatic heterocycles. The third kappa shape index (κ3) is 6.56. The minimum Gasteiger partial charge on any atom is -0.491 e. The number of nitrogens with two attached hydrogens (primary N) is 1. The topological polar surface area (TPSA) is 111 Å². The number of allylic oxidation sites excluding steroid dienone is 2. The molecule has 2 fully saturated rings. The number of carbonyl (C=O) groups is 1. The van der Waals surface area contributed by atoms with Crippen molar-refractivity contribution >= 4 is 28.8 Å². The summed E-state index contributed by atoms with van der Waals surface area (Å²) in [6, 6.07) is 5.12. The molecule has 0 bridgehead atoms. The third-order valence-electron chi connectivity index (χ3n) is 7.48. The van der Waals surface area contributed by atoms with Gasteiger partial charge < -0.3 is 25.2 Å². The van der Waals surface area contributed by atoms with E-state index in [9.17, 15) is 18.7 Å². The van der Waals surface area contributed by atoms with Crippen LogP contribution in [0.25, 0.3) is 17.0 Å². The number of hydrogen-bond donors (Lipinski definition) is 2. The lowest BCUT2D eigenvalue weighted by Gasteiger charge is -2.59. The first-order valence-corrected chi connectivity index (χ1v) is 13.9. The number of anilines is 1. The van der Waals surface area contributed by atoms with Gasteiger partial charge >= 0.3 is 0 Å². The molecule has 1 aromatic carbocycles. The molecule has 1 atom stereocenters. The molecule has 0 amide bonds. The number of alkyl halides is 2. The standard InChI is InChI=1S/C29H37ClF2N4O4/c1-5-6-19(38)12-39-20-7-8-23(30)22(9-20)27-34-26(25(17(3)33)18(4)37)16(2)28(35-27)36-14-29(15-36)10-21(11-29)40-13-24(31)32/h7-9,19,21,24,38H,5-6,10-15,33H2,1-4H3/t19-/m1/s1. The summed E-state index contributed by atoms with van der Waals surface area (Å²) in [5.74, 6) is 1.26. The predicted octanol–water partition coefficient (Wildman–Crippen LogP) is 5.17. The number of hydrogen-bond acceptors (Lipinski definition) is 8. The van der Waals surface area contributed by atoms with Gasteiger partial charge in [-0.1, -0.05) is 24.9 Å². The van der Waals surface area contributed by atoms with Crippen molar-refractivity contribution in [3.05, 3.63) is 40.2 Å². The summed E-state index contributed by atoms with van der Waals surface area (Å²) in [7, 11) is 0. The van der Waals surface area contributed by atoms with Crippen molar-refractivity contribution in [2.24, 2.45) is 11.1 Å². The predicted molar refractivity (Wildman–Crippen MR) is 151 cm³/mol.